The zero-order chi connectivity index (χ0) is 13.3. The minimum absolute atomic E-state index is 0.00991. The Kier molecular flexibility index (Phi) is 2.34. The van der Waals surface area contributed by atoms with Gasteiger partial charge in [0.25, 0.3) is 0 Å². The third-order valence-corrected chi connectivity index (χ3v) is 6.05. The van der Waals surface area contributed by atoms with E-state index in [0.29, 0.717) is 0 Å². The molecule has 19 heavy (non-hydrogen) atoms. The van der Waals surface area contributed by atoms with Crippen LogP contribution >= 0.6 is 11.3 Å². The highest BCUT2D eigenvalue weighted by atomic mass is 32.1. The van der Waals surface area contributed by atoms with Crippen molar-refractivity contribution >= 4 is 22.9 Å². The summed E-state index contributed by atoms with van der Waals surface area (Å²) in [6, 6.07) is 0. The molecule has 3 fully saturated rings. The molecule has 1 aromatic heterocycles. The summed E-state index contributed by atoms with van der Waals surface area (Å²) < 4.78 is 5.77. The summed E-state index contributed by atoms with van der Waals surface area (Å²) >= 11 is 1.63. The summed E-state index contributed by atoms with van der Waals surface area (Å²) in [5.41, 5.74) is 2.07. The van der Waals surface area contributed by atoms with Crippen LogP contribution in [0.3, 0.4) is 0 Å². The van der Waals surface area contributed by atoms with Crippen molar-refractivity contribution in [3.63, 3.8) is 0 Å². The molecule has 4 heteroatoms. The molecular weight excluding hydrogens is 260 g/mol. The van der Waals surface area contributed by atoms with E-state index in [2.05, 4.69) is 0 Å². The second-order valence-electron chi connectivity index (χ2n) is 5.97. The van der Waals surface area contributed by atoms with Crippen molar-refractivity contribution in [2.75, 3.05) is 0 Å². The Labute approximate surface area is 116 Å². The molecule has 4 rings (SSSR count). The van der Waals surface area contributed by atoms with Gasteiger partial charge in [-0.15, -0.1) is 11.3 Å². The van der Waals surface area contributed by atoms with Crippen LogP contribution in [0.25, 0.3) is 0 Å². The van der Waals surface area contributed by atoms with Gasteiger partial charge in [-0.25, -0.2) is 0 Å². The smallest absolute Gasteiger partial charge is 0.154 e. The summed E-state index contributed by atoms with van der Waals surface area (Å²) in [5, 5.41) is 2.05. The average Bonchev–Trinajstić information content (AvgIpc) is 3.10. The van der Waals surface area contributed by atoms with Gasteiger partial charge >= 0.3 is 0 Å². The third kappa shape index (κ3) is 1.36. The van der Waals surface area contributed by atoms with Gasteiger partial charge in [-0.3, -0.25) is 9.59 Å². The topological polar surface area (TPSA) is 43.4 Å². The van der Waals surface area contributed by atoms with Gasteiger partial charge in [0, 0.05) is 4.88 Å². The number of rotatable bonds is 1. The van der Waals surface area contributed by atoms with Crippen molar-refractivity contribution in [2.45, 2.75) is 44.8 Å². The SMILES string of the molecule is Cc1csc(C)c1C1C(=O)[C@@H]2C3CCC(O3)[C@@H]2C1=O. The summed E-state index contributed by atoms with van der Waals surface area (Å²) in [7, 11) is 0. The second-order valence-corrected chi connectivity index (χ2v) is 7.05. The number of Topliss-reactive ketones (excluding diaryl/α,β-unsaturated/α-hetero) is 2. The first kappa shape index (κ1) is 11.8. The summed E-state index contributed by atoms with van der Waals surface area (Å²) in [6.45, 7) is 4.01. The van der Waals surface area contributed by atoms with Crippen LogP contribution in [0.15, 0.2) is 5.38 Å². The fourth-order valence-electron chi connectivity index (χ4n) is 4.22. The number of aryl methyl sites for hydroxylation is 2. The summed E-state index contributed by atoms with van der Waals surface area (Å²) in [6.07, 6.45) is 1.91. The minimum Gasteiger partial charge on any atom is -0.373 e. The molecule has 3 aliphatic rings. The Morgan fingerprint density at radius 3 is 2.16 bits per heavy atom. The van der Waals surface area contributed by atoms with Crippen LogP contribution in [0, 0.1) is 25.7 Å². The molecule has 0 aromatic carbocycles. The molecule has 1 aromatic rings. The van der Waals surface area contributed by atoms with Crippen LogP contribution in [0.2, 0.25) is 0 Å². The van der Waals surface area contributed by atoms with Crippen LogP contribution in [0.5, 0.6) is 0 Å². The predicted octanol–water partition coefficient (Wildman–Crippen LogP) is 2.39. The van der Waals surface area contributed by atoms with E-state index in [1.807, 2.05) is 19.2 Å². The Hall–Kier alpha value is -1.00. The second kappa shape index (κ2) is 3.76. The van der Waals surface area contributed by atoms with E-state index >= 15 is 0 Å². The van der Waals surface area contributed by atoms with Crippen molar-refractivity contribution < 1.29 is 14.3 Å². The van der Waals surface area contributed by atoms with Crippen molar-refractivity contribution in [1.82, 2.24) is 0 Å². The van der Waals surface area contributed by atoms with Crippen molar-refractivity contribution in [2.24, 2.45) is 11.8 Å². The zero-order valence-electron chi connectivity index (χ0n) is 11.0. The van der Waals surface area contributed by atoms with E-state index in [-0.39, 0.29) is 35.6 Å². The van der Waals surface area contributed by atoms with Crippen LogP contribution in [0.4, 0.5) is 0 Å². The lowest BCUT2D eigenvalue weighted by atomic mass is 9.81. The first-order valence-electron chi connectivity index (χ1n) is 6.87. The number of hydrogen-bond acceptors (Lipinski definition) is 4. The van der Waals surface area contributed by atoms with Gasteiger partial charge in [-0.1, -0.05) is 0 Å². The van der Waals surface area contributed by atoms with E-state index in [0.717, 1.165) is 28.8 Å². The molecule has 3 heterocycles. The molecule has 3 nitrogen and oxygen atoms in total. The molecule has 100 valence electrons. The van der Waals surface area contributed by atoms with Crippen molar-refractivity contribution in [3.05, 3.63) is 21.4 Å². The Bertz CT molecular complexity index is 541. The van der Waals surface area contributed by atoms with E-state index in [1.54, 1.807) is 11.3 Å². The lowest BCUT2D eigenvalue weighted by molar-refractivity contribution is -0.127. The molecule has 2 aliphatic heterocycles. The number of fused-ring (bicyclic) bond motifs is 5. The van der Waals surface area contributed by atoms with Gasteiger partial charge in [0.05, 0.1) is 24.0 Å². The Morgan fingerprint density at radius 2 is 1.68 bits per heavy atom. The standard InChI is InChI=1S/C15H16O3S/c1-6-5-19-7(2)10(6)13-14(16)11-8-3-4-9(18-8)12(11)15(13)17/h5,8-9,11-13H,3-4H2,1-2H3/t8?,9?,11-,12+,13?. The highest BCUT2D eigenvalue weighted by molar-refractivity contribution is 7.10. The third-order valence-electron chi connectivity index (χ3n) is 5.00. The van der Waals surface area contributed by atoms with Crippen molar-refractivity contribution in [3.8, 4) is 0 Å². The Morgan fingerprint density at radius 1 is 1.11 bits per heavy atom. The zero-order valence-corrected chi connectivity index (χ0v) is 11.8. The number of ether oxygens (including phenoxy) is 1. The lowest BCUT2D eigenvalue weighted by Crippen LogP contribution is -2.29. The number of thiophene rings is 1. The maximum absolute atomic E-state index is 12.7. The first-order valence-corrected chi connectivity index (χ1v) is 7.75. The fraction of sp³-hybridized carbons (Fsp3) is 0.600. The fourth-order valence-corrected chi connectivity index (χ4v) is 5.11. The molecule has 0 spiro atoms. The normalized spacial score (nSPS) is 40.2. The van der Waals surface area contributed by atoms with Crippen molar-refractivity contribution in [1.29, 1.82) is 0 Å². The van der Waals surface area contributed by atoms with Crippen LogP contribution in [-0.4, -0.2) is 23.8 Å². The molecule has 2 bridgehead atoms. The minimum atomic E-state index is -0.506. The largest absolute Gasteiger partial charge is 0.373 e. The molecule has 0 amide bonds. The maximum atomic E-state index is 12.7. The van der Waals surface area contributed by atoms with E-state index in [1.165, 1.54) is 0 Å². The molecule has 0 N–H and O–H groups in total. The number of hydrogen-bond donors (Lipinski definition) is 0. The number of carbonyl (C=O) groups is 2. The van der Waals surface area contributed by atoms with Gasteiger partial charge in [0.2, 0.25) is 0 Å². The monoisotopic (exact) mass is 276 g/mol. The molecule has 5 atom stereocenters. The van der Waals surface area contributed by atoms with E-state index < -0.39 is 5.92 Å². The van der Waals surface area contributed by atoms with Crippen LogP contribution in [-0.2, 0) is 14.3 Å². The quantitative estimate of drug-likeness (QED) is 0.740. The van der Waals surface area contributed by atoms with Gasteiger partial charge in [0.15, 0.2) is 11.6 Å². The van der Waals surface area contributed by atoms with E-state index in [4.69, 9.17) is 4.74 Å². The predicted molar refractivity (Wildman–Crippen MR) is 71.4 cm³/mol. The number of ketones is 2. The molecule has 3 unspecified atom stereocenters. The first-order chi connectivity index (χ1) is 9.09. The lowest BCUT2D eigenvalue weighted by Gasteiger charge is -2.16. The van der Waals surface area contributed by atoms with E-state index in [9.17, 15) is 9.59 Å². The molecule has 1 aliphatic carbocycles. The molecular formula is C15H16O3S. The maximum Gasteiger partial charge on any atom is 0.154 e. The number of carbonyl (C=O) groups excluding carboxylic acids is 2. The van der Waals surface area contributed by atoms with Gasteiger partial charge in [-0.05, 0) is 43.2 Å². The highest BCUT2D eigenvalue weighted by Gasteiger charge is 2.63. The summed E-state index contributed by atoms with van der Waals surface area (Å²) in [5.74, 6) is -0.586. The van der Waals surface area contributed by atoms with Gasteiger partial charge in [-0.2, -0.15) is 0 Å². The molecule has 2 saturated heterocycles. The van der Waals surface area contributed by atoms with Gasteiger partial charge < -0.3 is 4.74 Å². The average molecular weight is 276 g/mol. The van der Waals surface area contributed by atoms with Crippen LogP contribution in [0.1, 0.15) is 34.8 Å². The Balaban J connectivity index is 1.80. The molecule has 0 radical (unpaired) electrons. The molecule has 1 saturated carbocycles. The van der Waals surface area contributed by atoms with Crippen LogP contribution < -0.4 is 0 Å². The summed E-state index contributed by atoms with van der Waals surface area (Å²) in [4.78, 5) is 26.5. The van der Waals surface area contributed by atoms with Gasteiger partial charge in [0.1, 0.15) is 5.92 Å². The highest BCUT2D eigenvalue weighted by Crippen LogP contribution is 2.53.